The Morgan fingerprint density at radius 3 is 2.42 bits per heavy atom. The lowest BCUT2D eigenvalue weighted by molar-refractivity contribution is 0.102. The first kappa shape index (κ1) is 15.8. The summed E-state index contributed by atoms with van der Waals surface area (Å²) in [5.74, 6) is -0.117. The summed E-state index contributed by atoms with van der Waals surface area (Å²) in [5, 5.41) is 6.29. The number of para-hydroxylation sites is 2. The molecule has 0 heterocycles. The Morgan fingerprint density at radius 2 is 1.62 bits per heavy atom. The van der Waals surface area contributed by atoms with Crippen LogP contribution >= 0.6 is 0 Å². The van der Waals surface area contributed by atoms with Crippen LogP contribution < -0.4 is 10.6 Å². The predicted octanol–water partition coefficient (Wildman–Crippen LogP) is 4.86. The van der Waals surface area contributed by atoms with Crippen LogP contribution in [0.5, 0.6) is 0 Å². The van der Waals surface area contributed by atoms with Gasteiger partial charge in [0.2, 0.25) is 0 Å². The van der Waals surface area contributed by atoms with Crippen molar-refractivity contribution >= 4 is 17.3 Å². The normalized spacial score (nSPS) is 10.2. The maximum atomic E-state index is 12.5. The lowest BCUT2D eigenvalue weighted by Gasteiger charge is -2.12. The van der Waals surface area contributed by atoms with Crippen molar-refractivity contribution < 1.29 is 4.79 Å². The van der Waals surface area contributed by atoms with E-state index in [1.807, 2.05) is 60.7 Å². The molecule has 0 aliphatic heterocycles. The summed E-state index contributed by atoms with van der Waals surface area (Å²) < 4.78 is 0. The van der Waals surface area contributed by atoms with Gasteiger partial charge in [-0.2, -0.15) is 0 Å². The second kappa shape index (κ2) is 7.47. The SMILES string of the molecule is Cc1cccc(CNc2ccccc2C(=O)Nc2ccccc2)c1. The summed E-state index contributed by atoms with van der Waals surface area (Å²) in [7, 11) is 0. The third-order valence-corrected chi connectivity index (χ3v) is 3.77. The van der Waals surface area contributed by atoms with E-state index in [1.54, 1.807) is 0 Å². The van der Waals surface area contributed by atoms with Crippen LogP contribution in [0.3, 0.4) is 0 Å². The van der Waals surface area contributed by atoms with Crippen LogP contribution in [0.2, 0.25) is 0 Å². The molecule has 3 rings (SSSR count). The fraction of sp³-hybridized carbons (Fsp3) is 0.0952. The molecule has 0 aromatic heterocycles. The van der Waals surface area contributed by atoms with E-state index in [4.69, 9.17) is 0 Å². The maximum absolute atomic E-state index is 12.5. The van der Waals surface area contributed by atoms with Crippen LogP contribution in [0.4, 0.5) is 11.4 Å². The number of hydrogen-bond acceptors (Lipinski definition) is 2. The van der Waals surface area contributed by atoms with Gasteiger partial charge in [0.1, 0.15) is 0 Å². The highest BCUT2D eigenvalue weighted by Gasteiger charge is 2.11. The molecule has 24 heavy (non-hydrogen) atoms. The van der Waals surface area contributed by atoms with Gasteiger partial charge in [0.05, 0.1) is 5.56 Å². The molecule has 3 aromatic carbocycles. The molecule has 0 spiro atoms. The van der Waals surface area contributed by atoms with E-state index in [0.29, 0.717) is 12.1 Å². The summed E-state index contributed by atoms with van der Waals surface area (Å²) in [6, 6.07) is 25.4. The van der Waals surface area contributed by atoms with Crippen molar-refractivity contribution in [2.45, 2.75) is 13.5 Å². The minimum Gasteiger partial charge on any atom is -0.380 e. The Hall–Kier alpha value is -3.07. The van der Waals surface area contributed by atoms with Crippen LogP contribution in [0, 0.1) is 6.92 Å². The lowest BCUT2D eigenvalue weighted by atomic mass is 10.1. The highest BCUT2D eigenvalue weighted by atomic mass is 16.1. The van der Waals surface area contributed by atoms with E-state index in [2.05, 4.69) is 35.8 Å². The summed E-state index contributed by atoms with van der Waals surface area (Å²) in [6.45, 7) is 2.75. The number of nitrogens with one attached hydrogen (secondary N) is 2. The van der Waals surface area contributed by atoms with E-state index in [0.717, 1.165) is 11.4 Å². The van der Waals surface area contributed by atoms with Crippen LogP contribution in [-0.4, -0.2) is 5.91 Å². The van der Waals surface area contributed by atoms with Gasteiger partial charge < -0.3 is 10.6 Å². The van der Waals surface area contributed by atoms with Crippen molar-refractivity contribution in [2.24, 2.45) is 0 Å². The molecule has 0 saturated carbocycles. The molecule has 2 N–H and O–H groups in total. The number of anilines is 2. The minimum absolute atomic E-state index is 0.117. The van der Waals surface area contributed by atoms with Gasteiger partial charge in [0.15, 0.2) is 0 Å². The molecule has 3 heteroatoms. The third-order valence-electron chi connectivity index (χ3n) is 3.77. The van der Waals surface area contributed by atoms with Crippen molar-refractivity contribution in [3.8, 4) is 0 Å². The molecule has 0 radical (unpaired) electrons. The number of benzene rings is 3. The van der Waals surface area contributed by atoms with Gasteiger partial charge in [-0.05, 0) is 36.8 Å². The van der Waals surface area contributed by atoms with Gasteiger partial charge in [-0.3, -0.25) is 4.79 Å². The maximum Gasteiger partial charge on any atom is 0.257 e. The summed E-state index contributed by atoms with van der Waals surface area (Å²) in [6.07, 6.45) is 0. The first-order valence-electron chi connectivity index (χ1n) is 7.97. The van der Waals surface area contributed by atoms with Crippen LogP contribution in [0.15, 0.2) is 78.9 Å². The lowest BCUT2D eigenvalue weighted by Crippen LogP contribution is -2.14. The fourth-order valence-electron chi connectivity index (χ4n) is 2.57. The van der Waals surface area contributed by atoms with Gasteiger partial charge in [-0.15, -0.1) is 0 Å². The van der Waals surface area contributed by atoms with E-state index in [1.165, 1.54) is 11.1 Å². The average Bonchev–Trinajstić information content (AvgIpc) is 2.61. The summed E-state index contributed by atoms with van der Waals surface area (Å²) in [4.78, 5) is 12.5. The highest BCUT2D eigenvalue weighted by Crippen LogP contribution is 2.18. The summed E-state index contributed by atoms with van der Waals surface area (Å²) >= 11 is 0. The van der Waals surface area contributed by atoms with Crippen molar-refractivity contribution in [3.63, 3.8) is 0 Å². The second-order valence-corrected chi connectivity index (χ2v) is 5.71. The Bertz CT molecular complexity index is 828. The van der Waals surface area contributed by atoms with Gasteiger partial charge in [0, 0.05) is 17.9 Å². The van der Waals surface area contributed by atoms with Gasteiger partial charge in [-0.25, -0.2) is 0 Å². The average molecular weight is 316 g/mol. The monoisotopic (exact) mass is 316 g/mol. The topological polar surface area (TPSA) is 41.1 Å². The number of carbonyl (C=O) groups is 1. The number of rotatable bonds is 5. The highest BCUT2D eigenvalue weighted by molar-refractivity contribution is 6.08. The minimum atomic E-state index is -0.117. The van der Waals surface area contributed by atoms with E-state index in [9.17, 15) is 4.79 Å². The molecule has 0 bridgehead atoms. The zero-order valence-corrected chi connectivity index (χ0v) is 13.6. The van der Waals surface area contributed by atoms with Crippen LogP contribution in [-0.2, 0) is 6.54 Å². The van der Waals surface area contributed by atoms with E-state index < -0.39 is 0 Å². The number of amides is 1. The molecule has 0 saturated heterocycles. The van der Waals surface area contributed by atoms with Gasteiger partial charge in [-0.1, -0.05) is 60.2 Å². The Morgan fingerprint density at radius 1 is 0.875 bits per heavy atom. The predicted molar refractivity (Wildman–Crippen MR) is 99.3 cm³/mol. The largest absolute Gasteiger partial charge is 0.380 e. The molecular weight excluding hydrogens is 296 g/mol. The molecule has 0 aliphatic rings. The molecule has 0 aliphatic carbocycles. The zero-order chi connectivity index (χ0) is 16.8. The number of carbonyl (C=O) groups excluding carboxylic acids is 1. The van der Waals surface area contributed by atoms with Crippen molar-refractivity contribution in [1.29, 1.82) is 0 Å². The molecule has 0 fully saturated rings. The standard InChI is InChI=1S/C21H20N2O/c1-16-8-7-9-17(14-16)15-22-20-13-6-5-12-19(20)21(24)23-18-10-3-2-4-11-18/h2-14,22H,15H2,1H3,(H,23,24). The zero-order valence-electron chi connectivity index (χ0n) is 13.6. The third kappa shape index (κ3) is 4.02. The molecule has 0 unspecified atom stereocenters. The number of hydrogen-bond donors (Lipinski definition) is 2. The Balaban J connectivity index is 1.74. The molecule has 120 valence electrons. The molecular formula is C21H20N2O. The van der Waals surface area contributed by atoms with Gasteiger partial charge >= 0.3 is 0 Å². The molecule has 3 aromatic rings. The Kier molecular flexibility index (Phi) is 4.92. The van der Waals surface area contributed by atoms with Gasteiger partial charge in [0.25, 0.3) is 5.91 Å². The first-order chi connectivity index (χ1) is 11.7. The first-order valence-corrected chi connectivity index (χ1v) is 7.97. The quantitative estimate of drug-likeness (QED) is 0.706. The molecule has 0 atom stereocenters. The van der Waals surface area contributed by atoms with E-state index in [-0.39, 0.29) is 5.91 Å². The van der Waals surface area contributed by atoms with E-state index >= 15 is 0 Å². The second-order valence-electron chi connectivity index (χ2n) is 5.71. The van der Waals surface area contributed by atoms with Crippen molar-refractivity contribution in [3.05, 3.63) is 95.6 Å². The van der Waals surface area contributed by atoms with Crippen molar-refractivity contribution in [2.75, 3.05) is 10.6 Å². The molecule has 3 nitrogen and oxygen atoms in total. The fourth-order valence-corrected chi connectivity index (χ4v) is 2.57. The molecule has 1 amide bonds. The smallest absolute Gasteiger partial charge is 0.257 e. The summed E-state index contributed by atoms with van der Waals surface area (Å²) in [5.41, 5.74) is 4.66. The number of aryl methyl sites for hydroxylation is 1. The Labute approximate surface area is 142 Å². The van der Waals surface area contributed by atoms with Crippen LogP contribution in [0.1, 0.15) is 21.5 Å². The van der Waals surface area contributed by atoms with Crippen LogP contribution in [0.25, 0.3) is 0 Å². The van der Waals surface area contributed by atoms with Crippen molar-refractivity contribution in [1.82, 2.24) is 0 Å².